The SMILES string of the molecule is CC(=O)[C@@]1(OC(=O)CNC(=O)c2ccc(C)c(N(CC(C)Cl)CC(C)Cl)c2)CC[C@H]2[C@@H]3C[C@H](C)C4=CC(=O)CC[C@]4(C)[C@H]3CC[C@@]21C. The van der Waals surface area contributed by atoms with Crippen LogP contribution in [0.5, 0.6) is 0 Å². The van der Waals surface area contributed by atoms with Gasteiger partial charge in [0.05, 0.1) is 0 Å². The number of nitrogens with zero attached hydrogens (tertiary/aromatic N) is 1. The minimum atomic E-state index is -1.22. The van der Waals surface area contributed by atoms with Gasteiger partial charge in [-0.3, -0.25) is 19.2 Å². The van der Waals surface area contributed by atoms with Gasteiger partial charge in [0, 0.05) is 46.9 Å². The van der Waals surface area contributed by atoms with Gasteiger partial charge in [-0.05, 0) is 119 Å². The van der Waals surface area contributed by atoms with Gasteiger partial charge >= 0.3 is 5.97 Å². The molecule has 4 aliphatic rings. The number of hydrogen-bond acceptors (Lipinski definition) is 6. The fourth-order valence-electron chi connectivity index (χ4n) is 10.3. The van der Waals surface area contributed by atoms with E-state index < -0.39 is 22.9 Å². The smallest absolute Gasteiger partial charge is 0.326 e. The molecule has 47 heavy (non-hydrogen) atoms. The molecule has 0 spiro atoms. The van der Waals surface area contributed by atoms with Crippen molar-refractivity contribution in [1.82, 2.24) is 5.32 Å². The number of esters is 1. The van der Waals surface area contributed by atoms with Gasteiger partial charge in [0.1, 0.15) is 6.54 Å². The molecule has 1 N–H and O–H groups in total. The van der Waals surface area contributed by atoms with Crippen LogP contribution in [0.1, 0.15) is 102 Å². The number of carbonyl (C=O) groups is 4. The Bertz CT molecular complexity index is 1450. The first kappa shape index (κ1) is 35.9. The van der Waals surface area contributed by atoms with Gasteiger partial charge < -0.3 is 15.0 Å². The van der Waals surface area contributed by atoms with Gasteiger partial charge in [0.15, 0.2) is 17.2 Å². The minimum Gasteiger partial charge on any atom is -0.449 e. The van der Waals surface area contributed by atoms with Gasteiger partial charge in [-0.1, -0.05) is 32.4 Å². The van der Waals surface area contributed by atoms with E-state index in [1.54, 1.807) is 19.1 Å². The zero-order chi connectivity index (χ0) is 34.5. The number of nitrogens with one attached hydrogen (secondary N) is 1. The second-order valence-electron chi connectivity index (χ2n) is 15.5. The molecule has 4 aliphatic carbocycles. The molecule has 7 nitrogen and oxygen atoms in total. The van der Waals surface area contributed by atoms with Crippen molar-refractivity contribution in [3.63, 3.8) is 0 Å². The lowest BCUT2D eigenvalue weighted by atomic mass is 9.44. The summed E-state index contributed by atoms with van der Waals surface area (Å²) >= 11 is 12.7. The molecule has 2 unspecified atom stereocenters. The lowest BCUT2D eigenvalue weighted by molar-refractivity contribution is -0.188. The lowest BCUT2D eigenvalue weighted by Crippen LogP contribution is -2.59. The third-order valence-electron chi connectivity index (χ3n) is 12.4. The first-order valence-corrected chi connectivity index (χ1v) is 18.3. The summed E-state index contributed by atoms with van der Waals surface area (Å²) in [6.45, 7) is 14.9. The van der Waals surface area contributed by atoms with Gasteiger partial charge in [-0.25, -0.2) is 0 Å². The molecule has 1 amide bonds. The number of halogens is 2. The topological polar surface area (TPSA) is 92.8 Å². The van der Waals surface area contributed by atoms with Gasteiger partial charge in [0.25, 0.3) is 5.91 Å². The molecule has 0 heterocycles. The largest absolute Gasteiger partial charge is 0.449 e. The summed E-state index contributed by atoms with van der Waals surface area (Å²) in [5.41, 5.74) is 1.87. The molecule has 3 saturated carbocycles. The van der Waals surface area contributed by atoms with Crippen LogP contribution in [0, 0.1) is 41.4 Å². The Kier molecular flexibility index (Phi) is 10.3. The van der Waals surface area contributed by atoms with Crippen molar-refractivity contribution in [2.75, 3.05) is 24.5 Å². The van der Waals surface area contributed by atoms with E-state index in [1.807, 2.05) is 32.9 Å². The van der Waals surface area contributed by atoms with Crippen LogP contribution in [0.25, 0.3) is 0 Å². The molecule has 1 aromatic rings. The number of ether oxygens (including phenoxy) is 1. The van der Waals surface area contributed by atoms with E-state index in [1.165, 1.54) is 5.57 Å². The fraction of sp³-hybridized carbons (Fsp3) is 0.684. The van der Waals surface area contributed by atoms with Crippen molar-refractivity contribution in [2.45, 2.75) is 110 Å². The first-order chi connectivity index (χ1) is 22.0. The zero-order valence-corrected chi connectivity index (χ0v) is 30.6. The molecule has 3 fully saturated rings. The second kappa shape index (κ2) is 13.5. The van der Waals surface area contributed by atoms with Gasteiger partial charge in [-0.15, -0.1) is 23.2 Å². The molecule has 0 bridgehead atoms. The molecule has 0 aromatic heterocycles. The number of alkyl halides is 2. The Balaban J connectivity index is 1.30. The Morgan fingerprint density at radius 1 is 1.04 bits per heavy atom. The van der Waals surface area contributed by atoms with Crippen LogP contribution in [0.2, 0.25) is 0 Å². The quantitative estimate of drug-likeness (QED) is 0.203. The third-order valence-corrected chi connectivity index (χ3v) is 12.7. The number of Topliss-reactive ketones (excluding diaryl/α,β-unsaturated/α-hetero) is 1. The van der Waals surface area contributed by atoms with Crippen LogP contribution in [0.15, 0.2) is 29.8 Å². The van der Waals surface area contributed by atoms with E-state index in [2.05, 4.69) is 31.0 Å². The van der Waals surface area contributed by atoms with E-state index in [4.69, 9.17) is 27.9 Å². The summed E-state index contributed by atoms with van der Waals surface area (Å²) in [5, 5.41) is 2.51. The van der Waals surface area contributed by atoms with E-state index in [0.29, 0.717) is 49.2 Å². The molecule has 0 radical (unpaired) electrons. The van der Waals surface area contributed by atoms with Crippen molar-refractivity contribution in [3.8, 4) is 0 Å². The van der Waals surface area contributed by atoms with E-state index >= 15 is 0 Å². The highest BCUT2D eigenvalue weighted by Gasteiger charge is 2.68. The second-order valence-corrected chi connectivity index (χ2v) is 17.0. The van der Waals surface area contributed by atoms with Gasteiger partial charge in [0.2, 0.25) is 0 Å². The Morgan fingerprint density at radius 3 is 2.34 bits per heavy atom. The third kappa shape index (κ3) is 6.52. The Labute approximate surface area is 290 Å². The molecule has 0 saturated heterocycles. The number of carbonyl (C=O) groups excluding carboxylic acids is 4. The maximum atomic E-state index is 13.5. The van der Waals surface area contributed by atoms with Crippen LogP contribution in [0.3, 0.4) is 0 Å². The van der Waals surface area contributed by atoms with Crippen LogP contribution >= 0.6 is 23.2 Å². The fourth-order valence-corrected chi connectivity index (χ4v) is 10.6. The lowest BCUT2D eigenvalue weighted by Gasteiger charge is -2.60. The number of rotatable bonds is 10. The van der Waals surface area contributed by atoms with Crippen LogP contribution in [-0.4, -0.2) is 59.4 Å². The summed E-state index contributed by atoms with van der Waals surface area (Å²) in [6.07, 6.45) is 7.44. The molecule has 9 atom stereocenters. The Hall–Kier alpha value is -2.38. The van der Waals surface area contributed by atoms with Crippen LogP contribution < -0.4 is 10.2 Å². The number of hydrogen-bond donors (Lipinski definition) is 1. The number of amides is 1. The van der Waals surface area contributed by atoms with Crippen molar-refractivity contribution in [3.05, 3.63) is 41.0 Å². The number of ketones is 2. The van der Waals surface area contributed by atoms with Crippen molar-refractivity contribution in [1.29, 1.82) is 0 Å². The summed E-state index contributed by atoms with van der Waals surface area (Å²) in [7, 11) is 0. The van der Waals surface area contributed by atoms with E-state index in [-0.39, 0.29) is 40.2 Å². The summed E-state index contributed by atoms with van der Waals surface area (Å²) in [6, 6.07) is 5.42. The predicted molar refractivity (Wildman–Crippen MR) is 187 cm³/mol. The average molecular weight is 688 g/mol. The summed E-state index contributed by atoms with van der Waals surface area (Å²) in [5.74, 6) is 0.527. The minimum absolute atomic E-state index is 0.00266. The number of anilines is 1. The highest BCUT2D eigenvalue weighted by molar-refractivity contribution is 6.21. The molecule has 0 aliphatic heterocycles. The number of benzene rings is 1. The molecule has 258 valence electrons. The summed E-state index contributed by atoms with van der Waals surface area (Å²) < 4.78 is 6.24. The number of fused-ring (bicyclic) bond motifs is 5. The molecule has 5 rings (SSSR count). The normalized spacial score (nSPS) is 34.2. The molecule has 1 aromatic carbocycles. The summed E-state index contributed by atoms with van der Waals surface area (Å²) in [4.78, 5) is 54.7. The molecular formula is C38H52Cl2N2O5. The maximum absolute atomic E-state index is 13.5. The number of aryl methyl sites for hydroxylation is 1. The van der Waals surface area contributed by atoms with Crippen LogP contribution in [-0.2, 0) is 19.1 Å². The number of allylic oxidation sites excluding steroid dienone is 1. The predicted octanol–water partition coefficient (Wildman–Crippen LogP) is 7.43. The van der Waals surface area contributed by atoms with Gasteiger partial charge in [-0.2, -0.15) is 0 Å². The molecular weight excluding hydrogens is 635 g/mol. The average Bonchev–Trinajstić information content (AvgIpc) is 3.29. The van der Waals surface area contributed by atoms with E-state index in [9.17, 15) is 19.2 Å². The van der Waals surface area contributed by atoms with E-state index in [0.717, 1.165) is 43.4 Å². The highest BCUT2D eigenvalue weighted by atomic mass is 35.5. The van der Waals surface area contributed by atoms with Crippen molar-refractivity contribution < 1.29 is 23.9 Å². The standard InChI is InChI=1S/C38H52Cl2N2O5/c1-22-8-9-27(17-33(22)42(20-24(3)39)21-25(4)40)35(46)41-19-34(45)47-38(26(5)43)15-12-31-29-16-23(2)32-18-28(44)10-13-36(32,6)30(29)11-14-37(31,38)7/h8-9,17-18,23-25,29-31H,10-16,19-21H2,1-7H3,(H,41,46)/t23-,24?,25?,29+,30-,31-,36+,37-,38-/m0/s1. The van der Waals surface area contributed by atoms with Crippen molar-refractivity contribution >= 4 is 52.3 Å². The van der Waals surface area contributed by atoms with Crippen molar-refractivity contribution in [2.24, 2.45) is 34.5 Å². The zero-order valence-electron chi connectivity index (χ0n) is 29.1. The Morgan fingerprint density at radius 2 is 1.70 bits per heavy atom. The maximum Gasteiger partial charge on any atom is 0.326 e. The monoisotopic (exact) mass is 686 g/mol. The van der Waals surface area contributed by atoms with Crippen LogP contribution in [0.4, 0.5) is 5.69 Å². The first-order valence-electron chi connectivity index (χ1n) is 17.4. The molecule has 9 heteroatoms. The highest BCUT2D eigenvalue weighted by Crippen LogP contribution is 2.69.